The van der Waals surface area contributed by atoms with Crippen molar-refractivity contribution < 1.29 is 9.59 Å². The van der Waals surface area contributed by atoms with Crippen molar-refractivity contribution in [2.24, 2.45) is 16.2 Å². The van der Waals surface area contributed by atoms with Crippen LogP contribution in [-0.4, -0.2) is 60.9 Å². The molecule has 0 aromatic heterocycles. The van der Waals surface area contributed by atoms with E-state index in [1.807, 2.05) is 9.80 Å². The monoisotopic (exact) mass is 363 g/mol. The zero-order valence-electron chi connectivity index (χ0n) is 17.2. The van der Waals surface area contributed by atoms with Gasteiger partial charge in [0.25, 0.3) is 0 Å². The van der Waals surface area contributed by atoms with Gasteiger partial charge in [-0.05, 0) is 49.5 Å². The van der Waals surface area contributed by atoms with Crippen molar-refractivity contribution in [3.63, 3.8) is 0 Å². The molecule has 26 heavy (non-hydrogen) atoms. The highest BCUT2D eigenvalue weighted by atomic mass is 16.2. The highest BCUT2D eigenvalue weighted by Crippen LogP contribution is 2.37. The van der Waals surface area contributed by atoms with Gasteiger partial charge in [-0.15, -0.1) is 0 Å². The van der Waals surface area contributed by atoms with Crippen LogP contribution in [0.25, 0.3) is 0 Å². The fourth-order valence-corrected chi connectivity index (χ4v) is 4.57. The maximum Gasteiger partial charge on any atom is 0.230 e. The summed E-state index contributed by atoms with van der Waals surface area (Å²) in [5, 5.41) is 3.35. The van der Waals surface area contributed by atoms with Crippen LogP contribution in [0.5, 0.6) is 0 Å². The van der Waals surface area contributed by atoms with E-state index in [4.69, 9.17) is 0 Å². The first kappa shape index (κ1) is 19.7. The molecule has 1 N–H and O–H groups in total. The second-order valence-corrected chi connectivity index (χ2v) is 10.4. The quantitative estimate of drug-likeness (QED) is 0.839. The van der Waals surface area contributed by atoms with Crippen LogP contribution in [0.3, 0.4) is 0 Å². The van der Waals surface area contributed by atoms with Crippen LogP contribution in [0, 0.1) is 16.2 Å². The maximum atomic E-state index is 13.4. The summed E-state index contributed by atoms with van der Waals surface area (Å²) in [4.78, 5) is 30.4. The Hall–Kier alpha value is -1.10. The predicted molar refractivity (Wildman–Crippen MR) is 104 cm³/mol. The number of nitrogens with zero attached hydrogens (tertiary/aromatic N) is 2. The largest absolute Gasteiger partial charge is 0.343 e. The minimum atomic E-state index is -0.522. The fourth-order valence-electron chi connectivity index (χ4n) is 4.57. The number of carbonyl (C=O) groups excluding carboxylic acids is 2. The second-order valence-electron chi connectivity index (χ2n) is 10.4. The Balaban J connectivity index is 1.64. The van der Waals surface area contributed by atoms with Crippen molar-refractivity contribution in [1.82, 2.24) is 15.1 Å². The predicted octanol–water partition coefficient (Wildman–Crippen LogP) is 2.65. The molecule has 3 rings (SSSR count). The molecule has 0 bridgehead atoms. The summed E-state index contributed by atoms with van der Waals surface area (Å²) in [6, 6.07) is 0. The van der Waals surface area contributed by atoms with E-state index in [-0.39, 0.29) is 11.8 Å². The smallest absolute Gasteiger partial charge is 0.230 e. The van der Waals surface area contributed by atoms with E-state index in [1.165, 1.54) is 0 Å². The molecule has 3 heterocycles. The maximum absolute atomic E-state index is 13.4. The lowest BCUT2D eigenvalue weighted by Gasteiger charge is -2.42. The second kappa shape index (κ2) is 7.14. The van der Waals surface area contributed by atoms with Crippen molar-refractivity contribution in [2.45, 2.75) is 66.2 Å². The van der Waals surface area contributed by atoms with Crippen LogP contribution in [-0.2, 0) is 9.59 Å². The Morgan fingerprint density at radius 3 is 1.77 bits per heavy atom. The average Bonchev–Trinajstić information content (AvgIpc) is 3.03. The molecule has 3 aliphatic rings. The molecule has 3 saturated heterocycles. The Bertz CT molecular complexity index is 529. The number of carbonyl (C=O) groups is 2. The fraction of sp³-hybridized carbons (Fsp3) is 0.905. The third-order valence-electron chi connectivity index (χ3n) is 7.06. The van der Waals surface area contributed by atoms with Crippen molar-refractivity contribution in [1.29, 1.82) is 0 Å². The Kier molecular flexibility index (Phi) is 5.40. The van der Waals surface area contributed by atoms with E-state index in [2.05, 4.69) is 33.0 Å². The number of nitrogens with one attached hydrogen (secondary N) is 1. The molecule has 148 valence electrons. The van der Waals surface area contributed by atoms with E-state index in [0.29, 0.717) is 23.8 Å². The summed E-state index contributed by atoms with van der Waals surface area (Å²) in [6.45, 7) is 13.9. The van der Waals surface area contributed by atoms with Gasteiger partial charge < -0.3 is 15.1 Å². The number of hydrogen-bond acceptors (Lipinski definition) is 3. The van der Waals surface area contributed by atoms with Crippen LogP contribution in [0.1, 0.15) is 66.2 Å². The molecule has 0 spiro atoms. The minimum Gasteiger partial charge on any atom is -0.343 e. The van der Waals surface area contributed by atoms with Crippen LogP contribution in [0.2, 0.25) is 0 Å². The standard InChI is InChI=1S/C21H37N3O2/c1-19(2)6-11-23(12-7-19)17(25)15-21(5-10-22-16-21)18(26)24-13-8-20(3,4)9-14-24/h22H,5-16H2,1-4H3. The van der Waals surface area contributed by atoms with E-state index in [9.17, 15) is 9.59 Å². The molecule has 0 saturated carbocycles. The molecule has 3 fully saturated rings. The Morgan fingerprint density at radius 2 is 1.31 bits per heavy atom. The normalized spacial score (nSPS) is 31.1. The zero-order valence-corrected chi connectivity index (χ0v) is 17.2. The first-order chi connectivity index (χ1) is 12.1. The van der Waals surface area contributed by atoms with Gasteiger partial charge in [0.15, 0.2) is 0 Å². The van der Waals surface area contributed by atoms with Crippen LogP contribution in [0.15, 0.2) is 0 Å². The van der Waals surface area contributed by atoms with Crippen molar-refractivity contribution in [3.8, 4) is 0 Å². The first-order valence-electron chi connectivity index (χ1n) is 10.4. The summed E-state index contributed by atoms with van der Waals surface area (Å²) >= 11 is 0. The third-order valence-corrected chi connectivity index (χ3v) is 7.06. The third kappa shape index (κ3) is 4.24. The summed E-state index contributed by atoms with van der Waals surface area (Å²) < 4.78 is 0. The van der Waals surface area contributed by atoms with E-state index >= 15 is 0 Å². The number of hydrogen-bond donors (Lipinski definition) is 1. The van der Waals surface area contributed by atoms with E-state index < -0.39 is 5.41 Å². The lowest BCUT2D eigenvalue weighted by Crippen LogP contribution is -2.52. The molecule has 0 aliphatic carbocycles. The summed E-state index contributed by atoms with van der Waals surface area (Å²) in [5.41, 5.74) is 0.139. The van der Waals surface area contributed by atoms with Gasteiger partial charge in [-0.25, -0.2) is 0 Å². The van der Waals surface area contributed by atoms with Crippen LogP contribution in [0.4, 0.5) is 0 Å². The molecule has 0 aromatic rings. The first-order valence-corrected chi connectivity index (χ1v) is 10.4. The number of likely N-dealkylation sites (tertiary alicyclic amines) is 2. The molecular formula is C21H37N3O2. The minimum absolute atomic E-state index is 0.176. The lowest BCUT2D eigenvalue weighted by atomic mass is 9.78. The summed E-state index contributed by atoms with van der Waals surface area (Å²) in [5.74, 6) is 0.388. The van der Waals surface area contributed by atoms with Crippen LogP contribution >= 0.6 is 0 Å². The summed E-state index contributed by atoms with van der Waals surface area (Å²) in [6.07, 6.45) is 5.38. The van der Waals surface area contributed by atoms with Crippen LogP contribution < -0.4 is 5.32 Å². The Morgan fingerprint density at radius 1 is 0.808 bits per heavy atom. The molecule has 0 radical (unpaired) electrons. The van der Waals surface area contributed by atoms with Gasteiger partial charge >= 0.3 is 0 Å². The van der Waals surface area contributed by atoms with Gasteiger partial charge in [-0.2, -0.15) is 0 Å². The van der Waals surface area contributed by atoms with Crippen molar-refractivity contribution >= 4 is 11.8 Å². The molecule has 2 amide bonds. The van der Waals surface area contributed by atoms with E-state index in [0.717, 1.165) is 64.8 Å². The number of piperidine rings is 2. The van der Waals surface area contributed by atoms with Crippen molar-refractivity contribution in [3.05, 3.63) is 0 Å². The average molecular weight is 364 g/mol. The zero-order chi connectivity index (χ0) is 19.0. The van der Waals surface area contributed by atoms with Gasteiger partial charge in [0.1, 0.15) is 0 Å². The molecule has 0 aromatic carbocycles. The van der Waals surface area contributed by atoms with Gasteiger partial charge in [0, 0.05) is 39.1 Å². The lowest BCUT2D eigenvalue weighted by molar-refractivity contribution is -0.149. The van der Waals surface area contributed by atoms with Gasteiger partial charge in [-0.1, -0.05) is 27.7 Å². The number of rotatable bonds is 3. The summed E-state index contributed by atoms with van der Waals surface area (Å²) in [7, 11) is 0. The molecule has 1 unspecified atom stereocenters. The topological polar surface area (TPSA) is 52.7 Å². The van der Waals surface area contributed by atoms with E-state index in [1.54, 1.807) is 0 Å². The molecular weight excluding hydrogens is 326 g/mol. The molecule has 5 nitrogen and oxygen atoms in total. The van der Waals surface area contributed by atoms with Gasteiger partial charge in [0.2, 0.25) is 11.8 Å². The number of amides is 2. The van der Waals surface area contributed by atoms with Gasteiger partial charge in [-0.3, -0.25) is 9.59 Å². The highest BCUT2D eigenvalue weighted by Gasteiger charge is 2.47. The van der Waals surface area contributed by atoms with Crippen molar-refractivity contribution in [2.75, 3.05) is 39.3 Å². The Labute approximate surface area is 158 Å². The SMILES string of the molecule is CC1(C)CCN(C(=O)CC2(C(=O)N3CCC(C)(C)CC3)CCNC2)CC1. The van der Waals surface area contributed by atoms with Gasteiger partial charge in [0.05, 0.1) is 5.41 Å². The molecule has 5 heteroatoms. The highest BCUT2D eigenvalue weighted by molar-refractivity contribution is 5.89. The molecule has 1 atom stereocenters. The molecule has 3 aliphatic heterocycles.